The van der Waals surface area contributed by atoms with E-state index in [0.717, 1.165) is 40.1 Å². The smallest absolute Gasteiger partial charge is 0.349 e. The second-order valence-corrected chi connectivity index (χ2v) is 8.60. The highest BCUT2D eigenvalue weighted by atomic mass is 32.1. The Kier molecular flexibility index (Phi) is 6.50. The second kappa shape index (κ2) is 9.06. The van der Waals surface area contributed by atoms with Crippen molar-refractivity contribution in [3.05, 3.63) is 57.9 Å². The molecule has 0 aliphatic carbocycles. The van der Waals surface area contributed by atoms with Crippen molar-refractivity contribution in [1.29, 1.82) is 5.26 Å². The SMILES string of the molecule is Cc1cc(/C=C(\C#N)C(=O)OCc2nc3ccccc3s2)c(C)n1CCC(C)C. The van der Waals surface area contributed by atoms with Gasteiger partial charge in [0.25, 0.3) is 0 Å². The van der Waals surface area contributed by atoms with E-state index in [1.54, 1.807) is 6.08 Å². The fourth-order valence-electron chi connectivity index (χ4n) is 3.18. The number of rotatable bonds is 7. The van der Waals surface area contributed by atoms with Gasteiger partial charge in [0.1, 0.15) is 23.3 Å². The second-order valence-electron chi connectivity index (χ2n) is 7.48. The maximum absolute atomic E-state index is 12.4. The number of carbonyl (C=O) groups excluding carboxylic acids is 1. The molecule has 1 aromatic carbocycles. The summed E-state index contributed by atoms with van der Waals surface area (Å²) in [7, 11) is 0. The van der Waals surface area contributed by atoms with Crippen molar-refractivity contribution in [2.24, 2.45) is 5.92 Å². The first kappa shape index (κ1) is 20.8. The van der Waals surface area contributed by atoms with Crippen LogP contribution in [0.3, 0.4) is 0 Å². The van der Waals surface area contributed by atoms with Crippen LogP contribution in [0, 0.1) is 31.1 Å². The number of aryl methyl sites for hydroxylation is 1. The summed E-state index contributed by atoms with van der Waals surface area (Å²) in [5, 5.41) is 10.2. The number of benzene rings is 1. The Morgan fingerprint density at radius 3 is 2.79 bits per heavy atom. The van der Waals surface area contributed by atoms with Crippen LogP contribution in [0.4, 0.5) is 0 Å². The Morgan fingerprint density at radius 1 is 1.34 bits per heavy atom. The average Bonchev–Trinajstić information content (AvgIpc) is 3.22. The standard InChI is InChI=1S/C23H25N3O2S/c1-15(2)9-10-26-16(3)11-18(17(26)4)12-19(13-24)23(27)28-14-22-25-20-7-5-6-8-21(20)29-22/h5-8,11-12,15H,9-10,14H2,1-4H3/b19-12+. The maximum atomic E-state index is 12.4. The van der Waals surface area contributed by atoms with Gasteiger partial charge in [-0.1, -0.05) is 26.0 Å². The molecule has 5 nitrogen and oxygen atoms in total. The molecule has 29 heavy (non-hydrogen) atoms. The summed E-state index contributed by atoms with van der Waals surface area (Å²) in [6, 6.07) is 11.8. The van der Waals surface area contributed by atoms with Crippen LogP contribution >= 0.6 is 11.3 Å². The zero-order valence-corrected chi connectivity index (χ0v) is 18.0. The van der Waals surface area contributed by atoms with E-state index < -0.39 is 5.97 Å². The Balaban J connectivity index is 1.73. The topological polar surface area (TPSA) is 67.9 Å². The van der Waals surface area contributed by atoms with Gasteiger partial charge in [-0.05, 0) is 56.0 Å². The summed E-state index contributed by atoms with van der Waals surface area (Å²) in [6.07, 6.45) is 2.70. The first-order valence-corrected chi connectivity index (χ1v) is 10.5. The van der Waals surface area contributed by atoms with Crippen molar-refractivity contribution in [1.82, 2.24) is 9.55 Å². The fraction of sp³-hybridized carbons (Fsp3) is 0.348. The van der Waals surface area contributed by atoms with E-state index in [9.17, 15) is 10.1 Å². The van der Waals surface area contributed by atoms with Crippen molar-refractivity contribution in [2.45, 2.75) is 47.3 Å². The van der Waals surface area contributed by atoms with Crippen molar-refractivity contribution < 1.29 is 9.53 Å². The van der Waals surface area contributed by atoms with E-state index >= 15 is 0 Å². The summed E-state index contributed by atoms with van der Waals surface area (Å²) in [4.78, 5) is 16.9. The molecule has 3 aromatic rings. The number of nitriles is 1. The summed E-state index contributed by atoms with van der Waals surface area (Å²) in [5.74, 6) is -0.0129. The number of nitrogens with zero attached hydrogens (tertiary/aromatic N) is 3. The average molecular weight is 408 g/mol. The van der Waals surface area contributed by atoms with Crippen molar-refractivity contribution in [3.63, 3.8) is 0 Å². The van der Waals surface area contributed by atoms with Crippen LogP contribution in [0.2, 0.25) is 0 Å². The lowest BCUT2D eigenvalue weighted by Gasteiger charge is -2.11. The quantitative estimate of drug-likeness (QED) is 0.298. The molecule has 2 heterocycles. The lowest BCUT2D eigenvalue weighted by atomic mass is 10.1. The minimum Gasteiger partial charge on any atom is -0.454 e. The largest absolute Gasteiger partial charge is 0.454 e. The molecule has 0 amide bonds. The number of carbonyl (C=O) groups is 1. The number of para-hydroxylation sites is 1. The van der Waals surface area contributed by atoms with Crippen molar-refractivity contribution >= 4 is 33.6 Å². The van der Waals surface area contributed by atoms with Gasteiger partial charge in [-0.25, -0.2) is 9.78 Å². The third kappa shape index (κ3) is 4.93. The maximum Gasteiger partial charge on any atom is 0.349 e. The molecule has 150 valence electrons. The Morgan fingerprint density at radius 2 is 2.10 bits per heavy atom. The molecule has 0 spiro atoms. The molecular formula is C23H25N3O2S. The Bertz CT molecular complexity index is 1070. The molecule has 0 atom stereocenters. The van der Waals surface area contributed by atoms with Gasteiger partial charge in [-0.15, -0.1) is 11.3 Å². The number of thiazole rings is 1. The molecule has 0 N–H and O–H groups in total. The Hall–Kier alpha value is -2.91. The number of hydrogen-bond donors (Lipinski definition) is 0. The van der Waals surface area contributed by atoms with Crippen LogP contribution in [0.5, 0.6) is 0 Å². The molecule has 0 bridgehead atoms. The Labute approximate surface area is 175 Å². The van der Waals surface area contributed by atoms with Gasteiger partial charge in [-0.3, -0.25) is 0 Å². The first-order valence-electron chi connectivity index (χ1n) is 9.69. The summed E-state index contributed by atoms with van der Waals surface area (Å²) < 4.78 is 8.62. The van der Waals surface area contributed by atoms with E-state index in [1.165, 1.54) is 11.3 Å². The van der Waals surface area contributed by atoms with Crippen LogP contribution in [0.15, 0.2) is 35.9 Å². The zero-order chi connectivity index (χ0) is 21.0. The normalized spacial score (nSPS) is 11.8. The summed E-state index contributed by atoms with van der Waals surface area (Å²) in [5.41, 5.74) is 3.92. The molecule has 0 saturated heterocycles. The van der Waals surface area contributed by atoms with Crippen molar-refractivity contribution in [3.8, 4) is 6.07 Å². The lowest BCUT2D eigenvalue weighted by Crippen LogP contribution is -2.07. The van der Waals surface area contributed by atoms with E-state index in [2.05, 4.69) is 23.4 Å². The van der Waals surface area contributed by atoms with Crippen LogP contribution in [-0.2, 0) is 22.7 Å². The molecule has 2 aromatic heterocycles. The molecular weight excluding hydrogens is 382 g/mol. The molecule has 0 saturated carbocycles. The highest BCUT2D eigenvalue weighted by molar-refractivity contribution is 7.18. The number of fused-ring (bicyclic) bond motifs is 1. The summed E-state index contributed by atoms with van der Waals surface area (Å²) >= 11 is 1.48. The van der Waals surface area contributed by atoms with Gasteiger partial charge in [-0.2, -0.15) is 5.26 Å². The van der Waals surface area contributed by atoms with Gasteiger partial charge in [0.15, 0.2) is 0 Å². The molecule has 0 radical (unpaired) electrons. The minimum atomic E-state index is -0.626. The predicted octanol–water partition coefficient (Wildman–Crippen LogP) is 5.41. The monoisotopic (exact) mass is 407 g/mol. The zero-order valence-electron chi connectivity index (χ0n) is 17.2. The highest BCUT2D eigenvalue weighted by Crippen LogP contribution is 2.23. The van der Waals surface area contributed by atoms with E-state index in [0.29, 0.717) is 10.9 Å². The lowest BCUT2D eigenvalue weighted by molar-refractivity contribution is -0.139. The molecule has 0 fully saturated rings. The first-order chi connectivity index (χ1) is 13.9. The number of esters is 1. The van der Waals surface area contributed by atoms with E-state index in [4.69, 9.17) is 4.74 Å². The van der Waals surface area contributed by atoms with Crippen LogP contribution in [-0.4, -0.2) is 15.5 Å². The third-order valence-corrected chi connectivity index (χ3v) is 5.86. The predicted molar refractivity (Wildman–Crippen MR) is 116 cm³/mol. The van der Waals surface area contributed by atoms with Crippen LogP contribution in [0.25, 0.3) is 16.3 Å². The third-order valence-electron chi connectivity index (χ3n) is 4.85. The van der Waals surface area contributed by atoms with Gasteiger partial charge in [0.05, 0.1) is 10.2 Å². The molecule has 0 aliphatic heterocycles. The number of aromatic nitrogens is 2. The van der Waals surface area contributed by atoms with Gasteiger partial charge in [0, 0.05) is 17.9 Å². The molecule has 6 heteroatoms. The van der Waals surface area contributed by atoms with E-state index in [-0.39, 0.29) is 12.2 Å². The highest BCUT2D eigenvalue weighted by Gasteiger charge is 2.15. The number of ether oxygens (including phenoxy) is 1. The molecule has 0 unspecified atom stereocenters. The van der Waals surface area contributed by atoms with Gasteiger partial charge >= 0.3 is 5.97 Å². The van der Waals surface area contributed by atoms with Crippen LogP contribution in [0.1, 0.15) is 42.2 Å². The fourth-order valence-corrected chi connectivity index (χ4v) is 4.06. The molecule has 3 rings (SSSR count). The van der Waals surface area contributed by atoms with Crippen LogP contribution < -0.4 is 0 Å². The minimum absolute atomic E-state index is 0.00443. The van der Waals surface area contributed by atoms with Crippen molar-refractivity contribution in [2.75, 3.05) is 0 Å². The van der Waals surface area contributed by atoms with E-state index in [1.807, 2.05) is 50.2 Å². The molecule has 0 aliphatic rings. The number of hydrogen-bond acceptors (Lipinski definition) is 5. The van der Waals surface area contributed by atoms with Gasteiger partial charge in [0.2, 0.25) is 0 Å². The van der Waals surface area contributed by atoms with Gasteiger partial charge < -0.3 is 9.30 Å². The summed E-state index contributed by atoms with van der Waals surface area (Å²) in [6.45, 7) is 9.44.